The zero-order chi connectivity index (χ0) is 25.5. The lowest BCUT2D eigenvalue weighted by Crippen LogP contribution is -2.24. The monoisotopic (exact) mass is 467 g/mol. The summed E-state index contributed by atoms with van der Waals surface area (Å²) < 4.78 is 13.8. The smallest absolute Gasteiger partial charge is 0.171 e. The Morgan fingerprint density at radius 2 is 0.636 bits per heavy atom. The molecule has 2 nitrogen and oxygen atoms in total. The van der Waals surface area contributed by atoms with Crippen LogP contribution in [0.25, 0.3) is 0 Å². The number of hydrogen-bond donors (Lipinski definition) is 1. The molecule has 0 aromatic heterocycles. The molecule has 0 unspecified atom stereocenters. The first kappa shape index (κ1) is 30.9. The van der Waals surface area contributed by atoms with Crippen LogP contribution in [0.2, 0.25) is 0 Å². The van der Waals surface area contributed by atoms with Crippen LogP contribution in [0, 0.1) is 10.8 Å². The van der Waals surface area contributed by atoms with Gasteiger partial charge in [0.15, 0.2) is 7.14 Å². The van der Waals surface area contributed by atoms with E-state index in [4.69, 9.17) is 0 Å². The molecular weight excluding hydrogens is 421 g/mol. The highest BCUT2D eigenvalue weighted by Crippen LogP contribution is 2.41. The van der Waals surface area contributed by atoms with E-state index in [0.717, 1.165) is 15.9 Å². The van der Waals surface area contributed by atoms with Gasteiger partial charge in [-0.05, 0) is 24.9 Å². The standard InChI is InChI=1S/C18H15OP.2C5H12.C2H7N/c19-20(16-10-4-1-5-11-16,17-12-6-2-7-13-17)18-14-8-3-9-15-18;2*1-5(2,3)4;1-3-2/h1-15H;2*1-4H3;3H,1-2H3. The van der Waals surface area contributed by atoms with E-state index in [0.29, 0.717) is 10.8 Å². The summed E-state index contributed by atoms with van der Waals surface area (Å²) in [7, 11) is 0.974. The van der Waals surface area contributed by atoms with Crippen molar-refractivity contribution in [3.8, 4) is 0 Å². The van der Waals surface area contributed by atoms with Crippen LogP contribution in [0.15, 0.2) is 91.0 Å². The molecule has 3 aromatic carbocycles. The van der Waals surface area contributed by atoms with Gasteiger partial charge in [-0.2, -0.15) is 0 Å². The van der Waals surface area contributed by atoms with Crippen molar-refractivity contribution < 1.29 is 4.57 Å². The van der Waals surface area contributed by atoms with Gasteiger partial charge in [-0.15, -0.1) is 0 Å². The lowest BCUT2D eigenvalue weighted by molar-refractivity contribution is 0.469. The van der Waals surface area contributed by atoms with E-state index in [2.05, 4.69) is 60.7 Å². The average molecular weight is 468 g/mol. The van der Waals surface area contributed by atoms with E-state index in [1.807, 2.05) is 105 Å². The van der Waals surface area contributed by atoms with E-state index in [9.17, 15) is 4.57 Å². The second-order valence-electron chi connectivity index (χ2n) is 11.1. The highest BCUT2D eigenvalue weighted by Gasteiger charge is 2.28. The molecule has 33 heavy (non-hydrogen) atoms. The number of rotatable bonds is 3. The molecule has 0 heterocycles. The summed E-state index contributed by atoms with van der Waals surface area (Å²) in [6, 6.07) is 29.1. The Bertz CT molecular complexity index is 781. The third kappa shape index (κ3) is 14.6. The maximum atomic E-state index is 13.8. The number of benzene rings is 3. The second kappa shape index (κ2) is 14.9. The Morgan fingerprint density at radius 1 is 0.485 bits per heavy atom. The van der Waals surface area contributed by atoms with Crippen LogP contribution in [0.5, 0.6) is 0 Å². The highest BCUT2D eigenvalue weighted by atomic mass is 31.2. The molecule has 0 fully saturated rings. The summed E-state index contributed by atoms with van der Waals surface area (Å²) in [5.41, 5.74) is 1.00. The summed E-state index contributed by atoms with van der Waals surface area (Å²) >= 11 is 0. The second-order valence-corrected chi connectivity index (χ2v) is 13.9. The van der Waals surface area contributed by atoms with Crippen LogP contribution in [0.3, 0.4) is 0 Å². The van der Waals surface area contributed by atoms with E-state index in [1.54, 1.807) is 0 Å². The highest BCUT2D eigenvalue weighted by molar-refractivity contribution is 7.85. The first-order chi connectivity index (χ1) is 15.2. The molecule has 0 radical (unpaired) electrons. The van der Waals surface area contributed by atoms with Gasteiger partial charge in [0.25, 0.3) is 0 Å². The maximum absolute atomic E-state index is 13.8. The van der Waals surface area contributed by atoms with E-state index in [-0.39, 0.29) is 0 Å². The summed E-state index contributed by atoms with van der Waals surface area (Å²) in [6.45, 7) is 17.5. The van der Waals surface area contributed by atoms with Gasteiger partial charge in [0, 0.05) is 15.9 Å². The van der Waals surface area contributed by atoms with Gasteiger partial charge in [-0.25, -0.2) is 0 Å². The Hall–Kier alpha value is -2.15. The molecule has 0 atom stereocenters. The molecule has 0 aliphatic rings. The van der Waals surface area contributed by atoms with Gasteiger partial charge < -0.3 is 9.88 Å². The van der Waals surface area contributed by atoms with Crippen molar-refractivity contribution in [1.29, 1.82) is 0 Å². The molecule has 1 N–H and O–H groups in total. The zero-order valence-electron chi connectivity index (χ0n) is 22.5. The van der Waals surface area contributed by atoms with Crippen LogP contribution in [-0.4, -0.2) is 14.1 Å². The fourth-order valence-corrected chi connectivity index (χ4v) is 5.03. The van der Waals surface area contributed by atoms with Crippen LogP contribution in [0.1, 0.15) is 55.4 Å². The lowest BCUT2D eigenvalue weighted by Gasteiger charge is -2.19. The van der Waals surface area contributed by atoms with Gasteiger partial charge in [0.05, 0.1) is 0 Å². The van der Waals surface area contributed by atoms with Crippen molar-refractivity contribution in [3.05, 3.63) is 91.0 Å². The van der Waals surface area contributed by atoms with Crippen LogP contribution in [-0.2, 0) is 4.57 Å². The van der Waals surface area contributed by atoms with E-state index < -0.39 is 7.14 Å². The Morgan fingerprint density at radius 3 is 0.788 bits per heavy atom. The Labute approximate surface area is 204 Å². The minimum absolute atomic E-state index is 0.500. The Balaban J connectivity index is 0.000000654. The van der Waals surface area contributed by atoms with Crippen LogP contribution < -0.4 is 21.2 Å². The van der Waals surface area contributed by atoms with Crippen molar-refractivity contribution in [3.63, 3.8) is 0 Å². The van der Waals surface area contributed by atoms with Crippen LogP contribution in [0.4, 0.5) is 0 Å². The molecule has 182 valence electrons. The van der Waals surface area contributed by atoms with Gasteiger partial charge in [0.2, 0.25) is 0 Å². The molecule has 3 aromatic rings. The predicted molar refractivity (Wildman–Crippen MR) is 151 cm³/mol. The van der Waals surface area contributed by atoms with Crippen molar-refractivity contribution in [1.82, 2.24) is 5.32 Å². The van der Waals surface area contributed by atoms with E-state index in [1.165, 1.54) is 0 Å². The quantitative estimate of drug-likeness (QED) is 0.411. The predicted octanol–water partition coefficient (Wildman–Crippen LogP) is 7.27. The average Bonchev–Trinajstić information content (AvgIpc) is 2.73. The lowest BCUT2D eigenvalue weighted by atomic mass is 10.0. The molecule has 0 saturated carbocycles. The summed E-state index contributed by atoms with van der Waals surface area (Å²) in [5.74, 6) is 0. The molecule has 0 aliphatic heterocycles. The third-order valence-corrected chi connectivity index (χ3v) is 6.44. The minimum Gasteiger partial charge on any atom is -0.323 e. The van der Waals surface area contributed by atoms with Gasteiger partial charge >= 0.3 is 0 Å². The first-order valence-electron chi connectivity index (χ1n) is 11.6. The molecule has 0 aliphatic carbocycles. The normalized spacial score (nSPS) is 11.0. The molecule has 3 rings (SSSR count). The maximum Gasteiger partial charge on any atom is 0.171 e. The molecule has 0 amide bonds. The summed E-state index contributed by atoms with van der Waals surface area (Å²) in [4.78, 5) is 0. The molecule has 0 spiro atoms. The van der Waals surface area contributed by atoms with Crippen molar-refractivity contribution in [2.45, 2.75) is 55.4 Å². The van der Waals surface area contributed by atoms with Gasteiger partial charge in [0.1, 0.15) is 0 Å². The zero-order valence-corrected chi connectivity index (χ0v) is 23.4. The summed E-state index contributed by atoms with van der Waals surface area (Å²) in [6.07, 6.45) is 0. The van der Waals surface area contributed by atoms with Gasteiger partial charge in [-0.1, -0.05) is 146 Å². The first-order valence-corrected chi connectivity index (χ1v) is 13.3. The largest absolute Gasteiger partial charge is 0.323 e. The van der Waals surface area contributed by atoms with Crippen LogP contribution >= 0.6 is 7.14 Å². The van der Waals surface area contributed by atoms with Crippen molar-refractivity contribution >= 4 is 23.1 Å². The molecule has 0 bridgehead atoms. The minimum atomic E-state index is -2.78. The number of hydrogen-bond acceptors (Lipinski definition) is 2. The topological polar surface area (TPSA) is 29.1 Å². The SMILES string of the molecule is CC(C)(C)C.CC(C)(C)C.CNC.O=P(c1ccccc1)(c1ccccc1)c1ccccc1. The third-order valence-electron chi connectivity index (χ3n) is 3.36. The molecular formula is C30H46NOP. The summed E-state index contributed by atoms with van der Waals surface area (Å²) in [5, 5.41) is 5.37. The fraction of sp³-hybridized carbons (Fsp3) is 0.400. The van der Waals surface area contributed by atoms with E-state index >= 15 is 0 Å². The number of nitrogens with one attached hydrogen (secondary N) is 1. The molecule has 3 heteroatoms. The van der Waals surface area contributed by atoms with Crippen molar-refractivity contribution in [2.75, 3.05) is 14.1 Å². The van der Waals surface area contributed by atoms with Crippen molar-refractivity contribution in [2.24, 2.45) is 10.8 Å². The Kier molecular flexibility index (Phi) is 13.9. The fourth-order valence-electron chi connectivity index (χ4n) is 2.36. The van der Waals surface area contributed by atoms with Gasteiger partial charge in [-0.3, -0.25) is 0 Å². The molecule has 0 saturated heterocycles.